The first kappa shape index (κ1) is 16.1. The first-order valence-corrected chi connectivity index (χ1v) is 8.05. The number of aliphatic imine (C=N–C) groups is 1. The van der Waals surface area contributed by atoms with Gasteiger partial charge in [-0.1, -0.05) is 12.1 Å². The molecule has 0 radical (unpaired) electrons. The van der Waals surface area contributed by atoms with Crippen LogP contribution in [-0.2, 0) is 0 Å². The van der Waals surface area contributed by atoms with Gasteiger partial charge in [-0.25, -0.2) is 9.98 Å². The van der Waals surface area contributed by atoms with Crippen LogP contribution in [0.4, 0.5) is 5.13 Å². The van der Waals surface area contributed by atoms with Crippen LogP contribution in [-0.4, -0.2) is 33.4 Å². The Hall–Kier alpha value is -2.78. The van der Waals surface area contributed by atoms with Gasteiger partial charge in [0.15, 0.2) is 4.77 Å². The van der Waals surface area contributed by atoms with Crippen LogP contribution in [0.25, 0.3) is 11.3 Å². The molecule has 24 heavy (non-hydrogen) atoms. The average molecular weight is 360 g/mol. The number of hydrogen-bond donors (Lipinski definition) is 3. The Balaban J connectivity index is 1.89. The zero-order valence-corrected chi connectivity index (χ0v) is 14.1. The number of H-pyrrole nitrogens is 2. The summed E-state index contributed by atoms with van der Waals surface area (Å²) < 4.78 is 5.24. The zero-order valence-electron chi connectivity index (χ0n) is 12.4. The lowest BCUT2D eigenvalue weighted by Crippen LogP contribution is -2.13. The molecule has 0 amide bonds. The molecule has 0 saturated carbocycles. The molecule has 3 aromatic rings. The number of hydrogen-bond acceptors (Lipinski definition) is 7. The minimum Gasteiger partial charge on any atom is -0.497 e. The highest BCUT2D eigenvalue weighted by Gasteiger charge is 2.07. The Labute approximate surface area is 145 Å². The molecule has 0 saturated heterocycles. The van der Waals surface area contributed by atoms with Gasteiger partial charge in [0.05, 0.1) is 12.8 Å². The second kappa shape index (κ2) is 6.77. The second-order valence-corrected chi connectivity index (χ2v) is 5.92. The van der Waals surface area contributed by atoms with Crippen LogP contribution < -0.4 is 10.3 Å². The maximum Gasteiger partial charge on any atom is 0.264 e. The summed E-state index contributed by atoms with van der Waals surface area (Å²) in [4.78, 5) is 25.1. The monoisotopic (exact) mass is 360 g/mol. The van der Waals surface area contributed by atoms with Gasteiger partial charge in [-0.15, -0.1) is 11.3 Å². The van der Waals surface area contributed by atoms with Crippen LogP contribution >= 0.6 is 23.6 Å². The number of methoxy groups -OCH3 is 1. The van der Waals surface area contributed by atoms with Crippen molar-refractivity contribution in [3.63, 3.8) is 0 Å². The van der Waals surface area contributed by atoms with Crippen molar-refractivity contribution in [2.75, 3.05) is 7.11 Å². The fourth-order valence-corrected chi connectivity index (χ4v) is 2.82. The number of benzene rings is 1. The van der Waals surface area contributed by atoms with Crippen molar-refractivity contribution in [3.8, 4) is 22.9 Å². The number of thiazole rings is 1. The van der Waals surface area contributed by atoms with Crippen LogP contribution in [0.15, 0.2) is 39.4 Å². The Morgan fingerprint density at radius 3 is 3.00 bits per heavy atom. The van der Waals surface area contributed by atoms with Gasteiger partial charge in [-0.05, 0) is 24.4 Å². The lowest BCUT2D eigenvalue weighted by molar-refractivity contribution is 0.415. The first-order chi connectivity index (χ1) is 11.6. The Morgan fingerprint density at radius 1 is 1.42 bits per heavy atom. The van der Waals surface area contributed by atoms with Crippen molar-refractivity contribution in [2.45, 2.75) is 0 Å². The summed E-state index contributed by atoms with van der Waals surface area (Å²) >= 11 is 6.08. The van der Waals surface area contributed by atoms with Crippen LogP contribution in [0.5, 0.6) is 11.6 Å². The molecule has 2 aromatic heterocycles. The summed E-state index contributed by atoms with van der Waals surface area (Å²) in [7, 11) is 1.60. The summed E-state index contributed by atoms with van der Waals surface area (Å²) in [6.45, 7) is 0. The van der Waals surface area contributed by atoms with E-state index in [1.807, 2.05) is 29.6 Å². The molecule has 0 aliphatic rings. The highest BCUT2D eigenvalue weighted by Crippen LogP contribution is 2.28. The number of aromatic hydroxyl groups is 1. The van der Waals surface area contributed by atoms with Crippen molar-refractivity contribution < 1.29 is 9.84 Å². The highest BCUT2D eigenvalue weighted by molar-refractivity contribution is 7.71. The minimum atomic E-state index is -0.524. The average Bonchev–Trinajstić information content (AvgIpc) is 3.03. The normalized spacial score (nSPS) is 11.0. The summed E-state index contributed by atoms with van der Waals surface area (Å²) in [5.41, 5.74) is 1.11. The minimum absolute atomic E-state index is 0.0123. The molecule has 9 heteroatoms. The molecule has 1 aromatic carbocycles. The fraction of sp³-hybridized carbons (Fsp3) is 0.0667. The van der Waals surface area contributed by atoms with Crippen LogP contribution in [0.2, 0.25) is 0 Å². The van der Waals surface area contributed by atoms with E-state index in [-0.39, 0.29) is 16.2 Å². The van der Waals surface area contributed by atoms with E-state index >= 15 is 0 Å². The van der Waals surface area contributed by atoms with Gasteiger partial charge in [0.2, 0.25) is 11.0 Å². The number of nitrogens with one attached hydrogen (secondary N) is 2. The fourth-order valence-electron chi connectivity index (χ4n) is 1.96. The molecule has 2 heterocycles. The first-order valence-electron chi connectivity index (χ1n) is 6.76. The second-order valence-electron chi connectivity index (χ2n) is 4.68. The number of aromatic amines is 2. The van der Waals surface area contributed by atoms with E-state index in [1.165, 1.54) is 17.6 Å². The predicted molar refractivity (Wildman–Crippen MR) is 95.3 cm³/mol. The van der Waals surface area contributed by atoms with Crippen molar-refractivity contribution in [2.24, 2.45) is 4.99 Å². The standard InChI is InChI=1S/C15H12N4O3S2/c1-22-9-4-2-3-8(5-9)11-7-24-15(17-11)16-6-10-12(20)18-14(23)19-13(10)21/h2-7H,1H3,(H3,18,19,20,21,23)/b16-6+. The van der Waals surface area contributed by atoms with E-state index in [4.69, 9.17) is 17.0 Å². The van der Waals surface area contributed by atoms with Crippen LogP contribution in [0.3, 0.4) is 0 Å². The van der Waals surface area contributed by atoms with E-state index in [2.05, 4.69) is 19.9 Å². The predicted octanol–water partition coefficient (Wildman–Crippen LogP) is 3.02. The maximum absolute atomic E-state index is 11.8. The summed E-state index contributed by atoms with van der Waals surface area (Å²) in [6.07, 6.45) is 1.24. The number of ether oxygens (including phenoxy) is 1. The van der Waals surface area contributed by atoms with E-state index in [9.17, 15) is 9.90 Å². The van der Waals surface area contributed by atoms with E-state index in [1.54, 1.807) is 7.11 Å². The molecule has 3 N–H and O–H groups in total. The molecule has 0 aliphatic carbocycles. The lowest BCUT2D eigenvalue weighted by atomic mass is 10.2. The molecule has 3 rings (SSSR count). The molecule has 122 valence electrons. The number of nitrogens with zero attached hydrogens (tertiary/aromatic N) is 2. The number of aromatic nitrogens is 3. The van der Waals surface area contributed by atoms with Crippen molar-refractivity contribution in [1.82, 2.24) is 15.0 Å². The molecule has 7 nitrogen and oxygen atoms in total. The summed E-state index contributed by atoms with van der Waals surface area (Å²) in [6, 6.07) is 7.51. The third kappa shape index (κ3) is 3.42. The smallest absolute Gasteiger partial charge is 0.264 e. The van der Waals surface area contributed by atoms with Gasteiger partial charge in [0.25, 0.3) is 5.56 Å². The summed E-state index contributed by atoms with van der Waals surface area (Å²) in [5.74, 6) is 0.402. The Kier molecular flexibility index (Phi) is 4.54. The van der Waals surface area contributed by atoms with Gasteiger partial charge < -0.3 is 14.8 Å². The van der Waals surface area contributed by atoms with Gasteiger partial charge in [-0.2, -0.15) is 0 Å². The molecule has 0 bridgehead atoms. The lowest BCUT2D eigenvalue weighted by Gasteiger charge is -2.01. The van der Waals surface area contributed by atoms with E-state index in [0.29, 0.717) is 5.13 Å². The van der Waals surface area contributed by atoms with E-state index < -0.39 is 5.56 Å². The molecule has 0 spiro atoms. The van der Waals surface area contributed by atoms with Crippen molar-refractivity contribution >= 4 is 34.9 Å². The van der Waals surface area contributed by atoms with Gasteiger partial charge in [-0.3, -0.25) is 9.78 Å². The molecule has 0 aliphatic heterocycles. The zero-order chi connectivity index (χ0) is 17.1. The SMILES string of the molecule is COc1cccc(-c2csc(/N=C/c3c(O)[nH]c(=S)[nH]c3=O)n2)c1. The van der Waals surface area contributed by atoms with E-state index in [0.717, 1.165) is 17.0 Å². The Bertz CT molecular complexity index is 1020. The van der Waals surface area contributed by atoms with Crippen molar-refractivity contribution in [3.05, 3.63) is 50.3 Å². The Morgan fingerprint density at radius 2 is 2.25 bits per heavy atom. The molecule has 0 unspecified atom stereocenters. The highest BCUT2D eigenvalue weighted by atomic mass is 32.1. The van der Waals surface area contributed by atoms with Gasteiger partial charge >= 0.3 is 0 Å². The molecular formula is C15H12N4O3S2. The topological polar surface area (TPSA) is 103 Å². The largest absolute Gasteiger partial charge is 0.497 e. The van der Waals surface area contributed by atoms with Crippen LogP contribution in [0, 0.1) is 4.77 Å². The summed E-state index contributed by atoms with van der Waals surface area (Å²) in [5, 5.41) is 12.0. The quantitative estimate of drug-likeness (QED) is 0.490. The number of rotatable bonds is 4. The third-order valence-electron chi connectivity index (χ3n) is 3.12. The van der Waals surface area contributed by atoms with Crippen LogP contribution in [0.1, 0.15) is 5.56 Å². The molecule has 0 fully saturated rings. The molecule has 0 atom stereocenters. The maximum atomic E-state index is 11.8. The third-order valence-corrected chi connectivity index (χ3v) is 4.07. The molecular weight excluding hydrogens is 348 g/mol. The van der Waals surface area contributed by atoms with Crippen molar-refractivity contribution in [1.29, 1.82) is 0 Å². The van der Waals surface area contributed by atoms with Gasteiger partial charge in [0, 0.05) is 17.2 Å². The van der Waals surface area contributed by atoms with Gasteiger partial charge in [0.1, 0.15) is 11.3 Å².